The lowest BCUT2D eigenvalue weighted by molar-refractivity contribution is 1.16. The molecule has 2 aliphatic heterocycles. The first kappa shape index (κ1) is 65.4. The molecule has 0 saturated heterocycles. The van der Waals surface area contributed by atoms with Crippen molar-refractivity contribution in [2.75, 3.05) is 9.80 Å². The van der Waals surface area contributed by atoms with Gasteiger partial charge in [0, 0.05) is 44.8 Å². The fourth-order valence-electron chi connectivity index (χ4n) is 19.0. The quantitative estimate of drug-likeness (QED) is 0.0706. The van der Waals surface area contributed by atoms with E-state index in [4.69, 9.17) is 0 Å². The first-order valence-corrected chi connectivity index (χ1v) is 43.9. The van der Waals surface area contributed by atoms with E-state index in [-0.39, 0.29) is 6.71 Å². The van der Waals surface area contributed by atoms with Gasteiger partial charge in [0.25, 0.3) is 6.71 Å². The molecule has 0 saturated carbocycles. The second kappa shape index (κ2) is 27.3. The minimum atomic E-state index is -3.44. The summed E-state index contributed by atoms with van der Waals surface area (Å²) in [4.78, 5) is 5.41. The number of hydrogen-bond donors (Lipinski definition) is 0. The number of aromatic nitrogens is 1. The van der Waals surface area contributed by atoms with Crippen LogP contribution in [0.1, 0.15) is 0 Å². The number of anilines is 6. The molecule has 0 atom stereocenters. The van der Waals surface area contributed by atoms with Crippen molar-refractivity contribution in [3.63, 3.8) is 0 Å². The molecule has 0 unspecified atom stereocenters. The van der Waals surface area contributed by atoms with Gasteiger partial charge >= 0.3 is 0 Å². The van der Waals surface area contributed by atoms with Gasteiger partial charge in [0.15, 0.2) is 24.2 Å². The molecule has 18 aromatic rings. The van der Waals surface area contributed by atoms with Crippen LogP contribution in [-0.4, -0.2) is 35.5 Å². The Morgan fingerprint density at radius 2 is 0.550 bits per heavy atom. The minimum absolute atomic E-state index is 0.360. The molecule has 0 fully saturated rings. The van der Waals surface area contributed by atoms with E-state index in [2.05, 4.69) is 463 Å². The summed E-state index contributed by atoms with van der Waals surface area (Å²) in [6.45, 7) is -0.360. The maximum Gasteiger partial charge on any atom is 0.252 e. The Hall–Kier alpha value is -13.1. The summed E-state index contributed by atoms with van der Waals surface area (Å²) < 4.78 is 2.55. The zero-order chi connectivity index (χ0) is 72.3. The number of rotatable bonds is 16. The zero-order valence-electron chi connectivity index (χ0n) is 60.1. The maximum atomic E-state index is 2.73. The number of nitrogens with zero attached hydrogens (tertiary/aromatic N) is 3. The highest BCUT2D eigenvalue weighted by Crippen LogP contribution is 2.48. The van der Waals surface area contributed by atoms with Gasteiger partial charge in [0.2, 0.25) is 0 Å². The summed E-state index contributed by atoms with van der Waals surface area (Å²) in [5, 5.41) is 18.3. The monoisotopic (exact) mass is 1440 g/mol. The minimum Gasteiger partial charge on any atom is -0.311 e. The molecule has 0 amide bonds. The van der Waals surface area contributed by atoms with Crippen molar-refractivity contribution in [1.82, 2.24) is 4.57 Å². The summed E-state index contributed by atoms with van der Waals surface area (Å²) in [7, 11) is -9.86. The summed E-state index contributed by atoms with van der Waals surface area (Å²) in [6.07, 6.45) is 0. The molecule has 3 nitrogen and oxygen atoms in total. The van der Waals surface area contributed by atoms with E-state index < -0.39 is 24.2 Å². The zero-order valence-corrected chi connectivity index (χ0v) is 63.1. The Balaban J connectivity index is 0.996. The van der Waals surface area contributed by atoms with Gasteiger partial charge in [-0.05, 0) is 139 Å². The molecule has 17 aromatic carbocycles. The molecule has 0 N–H and O–H groups in total. The molecule has 3 heterocycles. The van der Waals surface area contributed by atoms with Gasteiger partial charge in [-0.25, -0.2) is 0 Å². The molecular formula is C102H74BN3Si3. The first-order chi connectivity index (χ1) is 54.1. The van der Waals surface area contributed by atoms with E-state index in [0.29, 0.717) is 0 Å². The Morgan fingerprint density at radius 1 is 0.202 bits per heavy atom. The van der Waals surface area contributed by atoms with Crippen LogP contribution in [0.3, 0.4) is 0 Å². The Bertz CT molecular complexity index is 6010. The largest absolute Gasteiger partial charge is 0.311 e. The normalized spacial score (nSPS) is 12.5. The van der Waals surface area contributed by atoms with Crippen LogP contribution in [0.2, 0.25) is 0 Å². The van der Waals surface area contributed by atoms with Crippen molar-refractivity contribution in [2.45, 2.75) is 0 Å². The SMILES string of the molecule is c1ccc(-c2ccccc2N2c3cc(-n4c5ccccc5c5ccccc54)cc4c3B(c3cc([Si](c5ccccc5)(c5ccccc5)c5ccccc5)ccc3N4c3cccc([Si](c4ccccc4)(c4ccccc4)c4ccccc4)c3)c3c2cccc3[Si](c2ccccc2)(c2ccccc2)c2ccccc2)cc1. The smallest absolute Gasteiger partial charge is 0.252 e. The predicted molar refractivity (Wildman–Crippen MR) is 471 cm³/mol. The van der Waals surface area contributed by atoms with Crippen molar-refractivity contribution in [1.29, 1.82) is 0 Å². The molecule has 20 rings (SSSR count). The number of benzene rings is 17. The molecule has 0 radical (unpaired) electrons. The predicted octanol–water partition coefficient (Wildman–Crippen LogP) is 14.7. The van der Waals surface area contributed by atoms with Crippen LogP contribution in [0.5, 0.6) is 0 Å². The van der Waals surface area contributed by atoms with Gasteiger partial charge in [0.05, 0.1) is 22.4 Å². The lowest BCUT2D eigenvalue weighted by atomic mass is 9.33. The molecule has 0 aliphatic carbocycles. The molecule has 1 aromatic heterocycles. The lowest BCUT2D eigenvalue weighted by Gasteiger charge is -2.47. The third kappa shape index (κ3) is 10.4. The molecule has 0 spiro atoms. The molecule has 0 bridgehead atoms. The molecule has 7 heteroatoms. The maximum absolute atomic E-state index is 3.44. The summed E-state index contributed by atoms with van der Waals surface area (Å²) in [5.74, 6) is 0. The third-order valence-corrected chi connectivity index (χ3v) is 37.8. The van der Waals surface area contributed by atoms with Crippen LogP contribution >= 0.6 is 0 Å². The van der Waals surface area contributed by atoms with Crippen molar-refractivity contribution < 1.29 is 0 Å². The van der Waals surface area contributed by atoms with E-state index >= 15 is 0 Å². The van der Waals surface area contributed by atoms with Crippen molar-refractivity contribution in [2.24, 2.45) is 0 Å². The number of hydrogen-bond acceptors (Lipinski definition) is 2. The van der Waals surface area contributed by atoms with Crippen LogP contribution in [0.15, 0.2) is 449 Å². The average Bonchev–Trinajstić information content (AvgIpc) is 0.971. The van der Waals surface area contributed by atoms with Crippen molar-refractivity contribution in [3.05, 3.63) is 449 Å². The van der Waals surface area contributed by atoms with Gasteiger partial charge in [-0.3, -0.25) is 0 Å². The summed E-state index contributed by atoms with van der Waals surface area (Å²) >= 11 is 0. The Morgan fingerprint density at radius 3 is 1.00 bits per heavy atom. The van der Waals surface area contributed by atoms with Crippen LogP contribution in [0.4, 0.5) is 34.1 Å². The second-order valence-electron chi connectivity index (χ2n) is 28.9. The lowest BCUT2D eigenvalue weighted by Crippen LogP contribution is -2.80. The van der Waals surface area contributed by atoms with Gasteiger partial charge < -0.3 is 14.4 Å². The summed E-state index contributed by atoms with van der Waals surface area (Å²) in [6, 6.07) is 172. The second-order valence-corrected chi connectivity index (χ2v) is 40.3. The summed E-state index contributed by atoms with van der Waals surface area (Å²) in [5.41, 5.74) is 16.1. The van der Waals surface area contributed by atoms with Crippen LogP contribution < -0.4 is 88.4 Å². The topological polar surface area (TPSA) is 11.4 Å². The van der Waals surface area contributed by atoms with E-state index in [1.165, 1.54) is 89.4 Å². The Labute approximate surface area is 641 Å². The standard InChI is InChI=1S/C102H74BN3Si3/c1-11-39-75(40-12-1)89-61-31-34-64-93(89)106-97-67-38-68-100(109(84-54-25-8-26-55-84,85-56-27-9-28-57-85)86-58-29-10-30-59-86)102(97)103-92-74-88(108(81-48-19-5-20-49-81,82-50-21-6-22-51-82)83-52-23-7-24-53-83)69-70-96(92)104(98-72-77(73-99(106)101(98)103)105-94-65-35-32-62-90(94)91-63-33-36-66-95(91)105)76-41-37-60-87(71-76)107(78-42-13-2-14-43-78,79-44-15-3-16-45-79)80-46-17-4-18-47-80/h1-74H. The third-order valence-electron chi connectivity index (χ3n) is 23.4. The van der Waals surface area contributed by atoms with Gasteiger partial charge in [0.1, 0.15) is 0 Å². The van der Waals surface area contributed by atoms with Crippen molar-refractivity contribution >= 4 is 165 Å². The van der Waals surface area contributed by atoms with Gasteiger partial charge in [-0.2, -0.15) is 0 Å². The molecule has 2 aliphatic rings. The van der Waals surface area contributed by atoms with Crippen LogP contribution in [0, 0.1) is 0 Å². The van der Waals surface area contributed by atoms with Crippen molar-refractivity contribution in [3.8, 4) is 16.8 Å². The van der Waals surface area contributed by atoms with Crippen LogP contribution in [0.25, 0.3) is 38.6 Å². The van der Waals surface area contributed by atoms with Crippen LogP contribution in [-0.2, 0) is 0 Å². The highest BCUT2D eigenvalue weighted by atomic mass is 28.3. The van der Waals surface area contributed by atoms with E-state index in [1.807, 2.05) is 0 Å². The first-order valence-electron chi connectivity index (χ1n) is 37.9. The fourth-order valence-corrected chi connectivity index (χ4v) is 33.6. The molecule has 109 heavy (non-hydrogen) atoms. The number of para-hydroxylation sites is 3. The molecule has 512 valence electrons. The number of fused-ring (bicyclic) bond motifs is 7. The van der Waals surface area contributed by atoms with Gasteiger partial charge in [-0.1, -0.05) is 394 Å². The highest BCUT2D eigenvalue weighted by Gasteiger charge is 2.53. The average molecular weight is 1440 g/mol. The van der Waals surface area contributed by atoms with E-state index in [9.17, 15) is 0 Å². The van der Waals surface area contributed by atoms with Gasteiger partial charge in [-0.15, -0.1) is 0 Å². The molecular weight excluding hydrogens is 1360 g/mol. The van der Waals surface area contributed by atoms with E-state index in [0.717, 1.165) is 62.0 Å². The van der Waals surface area contributed by atoms with E-state index in [1.54, 1.807) is 0 Å². The highest BCUT2D eigenvalue weighted by molar-refractivity contribution is 7.23. The fraction of sp³-hybridized carbons (Fsp3) is 0. The Kier molecular flexibility index (Phi) is 16.4.